The molecule has 6 aliphatic heterocycles. The van der Waals surface area contributed by atoms with Crippen LogP contribution < -0.4 is 0 Å². The molecule has 1 spiro atoms. The summed E-state index contributed by atoms with van der Waals surface area (Å²) in [4.78, 5) is 28.9. The first-order valence-corrected chi connectivity index (χ1v) is 30.2. The zero-order valence-electron chi connectivity index (χ0n) is 49.6. The Kier molecular flexibility index (Phi) is 19.1. The van der Waals surface area contributed by atoms with E-state index < -0.39 is 202 Å². The number of hydrogen-bond donors (Lipinski definition) is 12. The fourth-order valence-corrected chi connectivity index (χ4v) is 17.0. The number of ether oxygens (including phenoxy) is 12. The lowest BCUT2D eigenvalue weighted by atomic mass is 9.41. The van der Waals surface area contributed by atoms with Crippen LogP contribution in [-0.4, -0.2) is 260 Å². The monoisotopic (exact) mass is 1220 g/mol. The van der Waals surface area contributed by atoms with Gasteiger partial charge in [-0.2, -0.15) is 0 Å². The molecule has 3 saturated carbocycles. The van der Waals surface area contributed by atoms with E-state index in [9.17, 15) is 70.9 Å². The van der Waals surface area contributed by atoms with E-state index in [1.54, 1.807) is 0 Å². The molecule has 85 heavy (non-hydrogen) atoms. The van der Waals surface area contributed by atoms with Crippen molar-refractivity contribution in [2.24, 2.45) is 39.4 Å². The predicted molar refractivity (Wildman–Crippen MR) is 287 cm³/mol. The Labute approximate surface area is 494 Å². The van der Waals surface area contributed by atoms with Gasteiger partial charge in [-0.25, -0.2) is 0 Å². The van der Waals surface area contributed by atoms with Gasteiger partial charge in [-0.15, -0.1) is 6.58 Å². The van der Waals surface area contributed by atoms with Gasteiger partial charge in [-0.3, -0.25) is 9.59 Å². The molecule has 0 bridgehead atoms. The number of aliphatic hydroxyl groups excluding tert-OH is 12. The Balaban J connectivity index is 0.858. The number of esters is 1. The van der Waals surface area contributed by atoms with Crippen LogP contribution in [0.1, 0.15) is 106 Å². The van der Waals surface area contributed by atoms with Gasteiger partial charge in [0.1, 0.15) is 115 Å². The summed E-state index contributed by atoms with van der Waals surface area (Å²) in [5.74, 6) is -0.827. The van der Waals surface area contributed by atoms with Crippen LogP contribution in [0, 0.1) is 39.4 Å². The van der Waals surface area contributed by atoms with Crippen LogP contribution in [-0.2, 0) is 66.4 Å². The average Bonchev–Trinajstić information content (AvgIpc) is 1.54. The van der Waals surface area contributed by atoms with E-state index in [1.807, 2.05) is 13.8 Å². The third-order valence-corrected chi connectivity index (χ3v) is 21.6. The fourth-order valence-electron chi connectivity index (χ4n) is 17.0. The molecule has 26 nitrogen and oxygen atoms in total. The molecule has 9 fully saturated rings. The highest BCUT2D eigenvalue weighted by Crippen LogP contribution is 2.75. The average molecular weight is 1220 g/mol. The van der Waals surface area contributed by atoms with Crippen LogP contribution in [0.2, 0.25) is 0 Å². The van der Waals surface area contributed by atoms with Gasteiger partial charge in [0.15, 0.2) is 31.5 Å². The Bertz CT molecular complexity index is 2430. The summed E-state index contributed by atoms with van der Waals surface area (Å²) in [7, 11) is 1.21. The van der Waals surface area contributed by atoms with Crippen LogP contribution in [0.25, 0.3) is 0 Å². The molecular weight excluding hydrogens is 1120 g/mol. The number of Topliss-reactive ketones (excluding diaryl/α,β-unsaturated/α-hetero) is 1. The molecule has 0 aromatic carbocycles. The van der Waals surface area contributed by atoms with E-state index >= 15 is 0 Å². The van der Waals surface area contributed by atoms with Crippen molar-refractivity contribution >= 4 is 11.8 Å². The van der Waals surface area contributed by atoms with Crippen molar-refractivity contribution in [2.75, 3.05) is 33.5 Å². The van der Waals surface area contributed by atoms with Gasteiger partial charge < -0.3 is 118 Å². The minimum absolute atomic E-state index is 0.000864. The fraction of sp³-hybridized carbons (Fsp3) is 0.898. The number of hydrogen-bond acceptors (Lipinski definition) is 26. The molecule has 31 atom stereocenters. The van der Waals surface area contributed by atoms with E-state index in [1.165, 1.54) is 19.6 Å². The molecule has 6 heterocycles. The zero-order chi connectivity index (χ0) is 61.8. The molecule has 0 aromatic heterocycles. The quantitative estimate of drug-likeness (QED) is 0.0437. The molecule has 484 valence electrons. The van der Waals surface area contributed by atoms with Crippen molar-refractivity contribution in [3.8, 4) is 0 Å². The lowest BCUT2D eigenvalue weighted by molar-refractivity contribution is -0.390. The molecule has 10 rings (SSSR count). The van der Waals surface area contributed by atoms with Crippen molar-refractivity contribution in [3.05, 3.63) is 23.8 Å². The van der Waals surface area contributed by atoms with E-state index in [4.69, 9.17) is 56.8 Å². The number of carbonyl (C=O) groups is 2. The zero-order valence-corrected chi connectivity index (χ0v) is 49.6. The molecule has 26 heteroatoms. The second-order valence-electron chi connectivity index (χ2n) is 27.1. The maximum Gasteiger partial charge on any atom is 0.314 e. The lowest BCUT2D eigenvalue weighted by Gasteiger charge is -2.63. The van der Waals surface area contributed by atoms with E-state index in [0.717, 1.165) is 24.8 Å². The van der Waals surface area contributed by atoms with E-state index in [-0.39, 0.29) is 35.4 Å². The summed E-state index contributed by atoms with van der Waals surface area (Å²) in [6, 6.07) is 0. The summed E-state index contributed by atoms with van der Waals surface area (Å²) in [5, 5.41) is 131. The maximum atomic E-state index is 14.5. The number of fused-ring (bicyclic) bond motifs is 4. The number of methoxy groups -OCH3 is 1. The summed E-state index contributed by atoms with van der Waals surface area (Å²) >= 11 is 0. The number of cyclic esters (lactones) is 1. The van der Waals surface area contributed by atoms with Crippen molar-refractivity contribution in [3.63, 3.8) is 0 Å². The molecule has 4 aliphatic carbocycles. The van der Waals surface area contributed by atoms with Gasteiger partial charge in [-0.05, 0) is 100 Å². The third kappa shape index (κ3) is 11.1. The van der Waals surface area contributed by atoms with Crippen LogP contribution in [0.3, 0.4) is 0 Å². The van der Waals surface area contributed by atoms with E-state index in [2.05, 4.69) is 40.3 Å². The van der Waals surface area contributed by atoms with Crippen LogP contribution >= 0.6 is 0 Å². The number of allylic oxidation sites excluding steroid dienone is 3. The standard InChI is InChI=1S/C59H92O26/c1-24(2)11-10-16-58(8)48-28(62)19-57(7)27-12-13-33-55(4,5)34(15-17-56(33,6)26(27)14-18-59(48,57)54(73)85-58)81-53-47(37(66)32(23-76-53)80-51-40(69)38(67)35(64)30(20-60)78-51)84-50-41(70)39(68)44(25(3)77-50)82-49-42(71)45(29(63)22-75-49)83-52-43(72)46(74-9)36(65)31(21-61)79-52/h14,25,27,29-53,60-61,63-72H,1,10-13,15-23H2,2-9H3/t25-,27?,29-,30-,31-,32-,33?,34+,35-,36-,37+,38+,39-,40-,41-,42-,43-,44-,45+,46+,47-,48?,49+,50+,51+,52+,53+,56-,57+,58+,59?/m1/s1. The highest BCUT2D eigenvalue weighted by molar-refractivity contribution is 5.99. The summed E-state index contributed by atoms with van der Waals surface area (Å²) in [6.07, 6.45) is -29.8. The Morgan fingerprint density at radius 2 is 1.27 bits per heavy atom. The first-order chi connectivity index (χ1) is 40.0. The first-order valence-electron chi connectivity index (χ1n) is 30.2. The van der Waals surface area contributed by atoms with Gasteiger partial charge >= 0.3 is 5.97 Å². The van der Waals surface area contributed by atoms with Crippen LogP contribution in [0.15, 0.2) is 23.8 Å². The van der Waals surface area contributed by atoms with Gasteiger partial charge in [0.25, 0.3) is 0 Å². The van der Waals surface area contributed by atoms with Crippen LogP contribution in [0.4, 0.5) is 0 Å². The largest absolute Gasteiger partial charge is 0.458 e. The third-order valence-electron chi connectivity index (χ3n) is 21.6. The Morgan fingerprint density at radius 1 is 0.659 bits per heavy atom. The topological polar surface area (TPSA) is 388 Å². The summed E-state index contributed by atoms with van der Waals surface area (Å²) in [6.45, 7) is 15.7. The first kappa shape index (κ1) is 65.6. The number of aliphatic hydroxyl groups is 12. The Hall–Kier alpha value is -2.30. The van der Waals surface area contributed by atoms with Crippen molar-refractivity contribution in [1.82, 2.24) is 0 Å². The molecule has 0 aromatic rings. The smallest absolute Gasteiger partial charge is 0.314 e. The molecule has 0 amide bonds. The SMILES string of the molecule is C=C(C)CCC[C@]1(C)OC(=O)C23CC=C4C(CCC5C(C)(C)[C@@H](O[C@@H]6OC[C@@H](O[C@@H]7O[C@H](CO)[C@@H](O)[C@H](O)[C@H]7O)[C@H](O)[C@H]6O[C@@H]6O[C@H](C)[C@@H](O[C@@H]7OC[C@@H](O)[C@H](O[C@@H]8O[C@H](CO)[C@@H](O)[C@H](OC)[C@H]8O)[C@H]7O)[C@H](O)[C@H]6O)CC[C@]45C)[C@]2(C)CC(=O)C31. The summed E-state index contributed by atoms with van der Waals surface area (Å²) in [5.41, 5.74) is -1.29. The lowest BCUT2D eigenvalue weighted by Crippen LogP contribution is -2.66. The van der Waals surface area contributed by atoms with E-state index in [0.29, 0.717) is 32.1 Å². The highest BCUT2D eigenvalue weighted by atomic mass is 16.8. The maximum absolute atomic E-state index is 14.5. The predicted octanol–water partition coefficient (Wildman–Crippen LogP) is -1.75. The molecule has 0 radical (unpaired) electrons. The minimum atomic E-state index is -1.96. The van der Waals surface area contributed by atoms with Gasteiger partial charge in [0, 0.05) is 13.5 Å². The number of carbonyl (C=O) groups excluding carboxylic acids is 2. The summed E-state index contributed by atoms with van der Waals surface area (Å²) < 4.78 is 72.1. The van der Waals surface area contributed by atoms with Gasteiger partial charge in [0.05, 0.1) is 50.0 Å². The van der Waals surface area contributed by atoms with Gasteiger partial charge in [0.2, 0.25) is 0 Å². The highest BCUT2D eigenvalue weighted by Gasteiger charge is 2.79. The van der Waals surface area contributed by atoms with Crippen molar-refractivity contribution < 1.29 is 128 Å². The Morgan fingerprint density at radius 3 is 1.94 bits per heavy atom. The normalized spacial score (nSPS) is 52.3. The van der Waals surface area contributed by atoms with Gasteiger partial charge in [-0.1, -0.05) is 44.9 Å². The second-order valence-corrected chi connectivity index (χ2v) is 27.1. The second kappa shape index (κ2) is 24.7. The minimum Gasteiger partial charge on any atom is -0.458 e. The molecule has 4 unspecified atom stereocenters. The van der Waals surface area contributed by atoms with Crippen molar-refractivity contribution in [2.45, 2.75) is 259 Å². The molecule has 6 saturated heterocycles. The molecule has 12 N–H and O–H groups in total. The molecular formula is C59H92O26. The molecule has 10 aliphatic rings. The van der Waals surface area contributed by atoms with Crippen molar-refractivity contribution in [1.29, 1.82) is 0 Å². The van der Waals surface area contributed by atoms with Crippen LogP contribution in [0.5, 0.6) is 0 Å². The number of ketones is 1. The number of rotatable bonds is 17.